The molecule has 8 aromatic carbocycles. The Kier molecular flexibility index (Phi) is 20.3. The van der Waals surface area contributed by atoms with Crippen molar-refractivity contribution >= 4 is 244 Å². The van der Waals surface area contributed by atoms with E-state index < -0.39 is 196 Å². The van der Waals surface area contributed by atoms with Crippen molar-refractivity contribution in [2.24, 2.45) is 0 Å². The van der Waals surface area contributed by atoms with Crippen LogP contribution in [0.5, 0.6) is 0 Å². The Labute approximate surface area is 673 Å². The first kappa shape index (κ1) is 50.6. The van der Waals surface area contributed by atoms with Crippen LogP contribution in [-0.2, 0) is 11.1 Å². The first-order chi connectivity index (χ1) is 62.5. The largest absolute Gasteiger partial charge is 0.399 e. The van der Waals surface area contributed by atoms with E-state index in [1.54, 1.807) is 6.07 Å². The minimum Gasteiger partial charge on any atom is -0.399 e. The summed E-state index contributed by atoms with van der Waals surface area (Å²) >= 11 is 0. The fourth-order valence-corrected chi connectivity index (χ4v) is 12.5. The molecule has 0 saturated carbocycles. The number of rotatable bonds is 37. The molecule has 0 unspecified atom stereocenters. The average Bonchev–Trinajstić information content (AvgIpc) is 1.58. The van der Waals surface area contributed by atoms with Gasteiger partial charge in [-0.25, -0.2) is 26.9 Å². The molecule has 2 aromatic heterocycles. The molecule has 104 heavy (non-hydrogen) atoms. The van der Waals surface area contributed by atoms with Gasteiger partial charge in [-0.05, 0) is 95.0 Å². The molecule has 2 aliphatic rings. The SMILES string of the molecule is Nc1ccc2c(c1)c(N1CCC(F)(F)CC1)nn2C(c1ccccc1)(c1ccccc1)c1ccccc1.O=[N+]([O-])c1ccc2c(c1)c(N1CCC(F)(F)CC1)nn2C(c1ccccc1)(c1ccccc1)c1ccccc1.[2H][B]B([2H])B([2H])B([2H])B([2H])B([2H])B([2H])B([2H])B([2H])B([2H])B([2H])B([2H])B([2H])B([2H])[B][2H].[2H][B]B([2H])B([2H])B([2H])B([2H])B([2H])B([2H])B([2H])B([2H])B([2H])B([2H])B([2H])[B][2H]. The molecule has 0 amide bonds. The zero-order valence-corrected chi connectivity index (χ0v) is 57.6. The van der Waals surface area contributed by atoms with Crippen molar-refractivity contribution in [1.29, 1.82) is 37.4 Å². The standard InChI is InChI=1S/C31H26F2N4O2.C31H28F2N4.B15H15.B13H13/c32-30(33)18-20-35(21-19-30)29-27-22-26(37(38)39)16-17-28(27)36(34-29)31(23-10-4-1-5-11-23,24-12-6-2-7-13-24)25-14-8-3-9-15-25;32-30(33)18-20-36(21-19-30)29-27-22-26(34)16-17-28(27)37(35-29)31(23-10-4-1-5-11-23,24-12-6-2-7-13-24)25-14-8-3-9-15-25;1-3-5-7-9-11-13-15-14-12-10-8-6-4-2;1-3-5-7-9-11-13-12-10-8-6-4-2/h1-17,22H,18-21H2;1-17,22H,18-21,34H2;1-15H;1-13H/i;;1D,2D,3D,4D,5D,6D,7D,8D,9D,10D,11D,12D,13D,14D,15D;1D,2D,3D,4D,5D,6D,7D,8D,9D,10D,11D,12D,13D. The molecule has 494 valence electrons. The number of hydrogen-bond acceptors (Lipinski definition) is 7. The summed E-state index contributed by atoms with van der Waals surface area (Å²) in [5.74, 6) is -4.22. The third kappa shape index (κ3) is 21.6. The number of halogens is 4. The number of nitrogens with zero attached hydrogens (tertiary/aromatic N) is 7. The number of fused-ring (bicyclic) bond motifs is 2. The van der Waals surface area contributed by atoms with Gasteiger partial charge in [0, 0.05) is 274 Å². The van der Waals surface area contributed by atoms with Crippen LogP contribution in [0.25, 0.3) is 21.8 Å². The number of anilines is 3. The highest BCUT2D eigenvalue weighted by molar-refractivity contribution is 7.73. The molecule has 10 nitrogen and oxygen atoms in total. The summed E-state index contributed by atoms with van der Waals surface area (Å²) in [6.07, 6.45) is -0.968. The van der Waals surface area contributed by atoms with Crippen molar-refractivity contribution in [3.05, 3.63) is 262 Å². The van der Waals surface area contributed by atoms with Gasteiger partial charge in [-0.3, -0.25) is 10.1 Å². The van der Waals surface area contributed by atoms with Gasteiger partial charge < -0.3 is 15.5 Å². The van der Waals surface area contributed by atoms with Crippen LogP contribution in [0, 0.1) is 10.1 Å². The van der Waals surface area contributed by atoms with Crippen LogP contribution in [0.2, 0.25) is 0 Å². The number of benzene rings is 8. The molecule has 0 spiro atoms. The quantitative estimate of drug-likeness (QED) is 0.0105. The number of piperidine rings is 2. The number of alkyl halides is 4. The molecular weight excluding hydrogens is 1270 g/mol. The van der Waals surface area contributed by atoms with E-state index in [9.17, 15) is 27.7 Å². The Balaban J connectivity index is 0.000000201. The smallest absolute Gasteiger partial charge is 0.270 e. The molecule has 0 atom stereocenters. The number of nitro benzene ring substituents is 1. The molecule has 0 bridgehead atoms. The zero-order chi connectivity index (χ0) is 97.2. The maximum atomic E-state index is 14.1. The molecule has 2 saturated heterocycles. The van der Waals surface area contributed by atoms with E-state index in [-0.39, 0.29) is 57.5 Å². The highest BCUT2D eigenvalue weighted by atomic mass is 19.3. The summed E-state index contributed by atoms with van der Waals surface area (Å²) in [4.78, 5) is 15.1. The molecule has 10 aromatic rings. The summed E-state index contributed by atoms with van der Waals surface area (Å²) in [7, 11) is -35.0. The van der Waals surface area contributed by atoms with Gasteiger partial charge in [0.2, 0.25) is 0 Å². The van der Waals surface area contributed by atoms with E-state index in [0.29, 0.717) is 59.0 Å². The molecule has 4 heterocycles. The van der Waals surface area contributed by atoms with Crippen LogP contribution < -0.4 is 15.5 Å². The Morgan fingerprint density at radius 2 is 0.644 bits per heavy atom. The summed E-state index contributed by atoms with van der Waals surface area (Å²) in [6.45, 7) is 0.694. The Morgan fingerprint density at radius 3 is 0.904 bits per heavy atom. The van der Waals surface area contributed by atoms with Crippen LogP contribution in [0.3, 0.4) is 0 Å². The maximum Gasteiger partial charge on any atom is 0.270 e. The molecule has 4 radical (unpaired) electrons. The summed E-state index contributed by atoms with van der Waals surface area (Å²) in [5.41, 5.74) is 12.6. The third-order valence-corrected chi connectivity index (χ3v) is 17.4. The van der Waals surface area contributed by atoms with Gasteiger partial charge in [-0.2, -0.15) is 10.2 Å². The van der Waals surface area contributed by atoms with Crippen LogP contribution >= 0.6 is 0 Å². The average molecular weight is 1380 g/mol. The first-order valence-electron chi connectivity index (χ1n) is 50.3. The van der Waals surface area contributed by atoms with E-state index in [0.717, 1.165) is 44.3 Å². The van der Waals surface area contributed by atoms with Crippen molar-refractivity contribution in [2.75, 3.05) is 41.7 Å². The number of nitrogen functional groups attached to an aromatic ring is 1. The van der Waals surface area contributed by atoms with Crippen LogP contribution in [0.4, 0.5) is 40.6 Å². The molecule has 42 heteroatoms. The van der Waals surface area contributed by atoms with Gasteiger partial charge in [-0.15, -0.1) is 0 Å². The number of nitro groups is 1. The van der Waals surface area contributed by atoms with Gasteiger partial charge in [-0.1, -0.05) is 182 Å². The van der Waals surface area contributed by atoms with Gasteiger partial charge in [0.05, 0.1) is 21.3 Å². The van der Waals surface area contributed by atoms with Crippen LogP contribution in [-0.4, -0.2) is 299 Å². The van der Waals surface area contributed by atoms with Crippen LogP contribution in [0.1, 0.15) is 59.1 Å². The van der Waals surface area contributed by atoms with Crippen molar-refractivity contribution in [1.82, 2.24) is 19.6 Å². The fourth-order valence-electron chi connectivity index (χ4n) is 12.5. The predicted octanol–water partition coefficient (Wildman–Crippen LogP) is -4.44. The summed E-state index contributed by atoms with van der Waals surface area (Å²) in [5, 5.41) is 23.6. The van der Waals surface area contributed by atoms with Crippen molar-refractivity contribution in [3.63, 3.8) is 0 Å². The lowest BCUT2D eigenvalue weighted by molar-refractivity contribution is -0.384. The first-order valence-corrected chi connectivity index (χ1v) is 34.1. The van der Waals surface area contributed by atoms with Crippen LogP contribution in [0.15, 0.2) is 218 Å². The molecule has 2 N–H and O–H groups in total. The lowest BCUT2D eigenvalue weighted by Crippen LogP contribution is -2.41. The third-order valence-electron chi connectivity index (χ3n) is 17.4. The molecule has 0 aliphatic carbocycles. The van der Waals surface area contributed by atoms with Gasteiger partial charge in [0.15, 0.2) is 11.6 Å². The lowest BCUT2D eigenvalue weighted by Gasteiger charge is -2.37. The maximum absolute atomic E-state index is 14.1. The van der Waals surface area contributed by atoms with Gasteiger partial charge in [0.1, 0.15) is 11.1 Å². The lowest BCUT2D eigenvalue weighted by atomic mass is 8.85. The molecule has 2 fully saturated rings. The predicted molar refractivity (Wildman–Crippen MR) is 493 cm³/mol. The number of non-ortho nitro benzene ring substituents is 1. The molecule has 2 aliphatic heterocycles. The second kappa shape index (κ2) is 41.8. The fraction of sp³-hybridized carbons (Fsp3) is 0.194. The van der Waals surface area contributed by atoms with E-state index in [1.807, 2.05) is 178 Å². The Hall–Kier alpha value is -6.96. The highest BCUT2D eigenvalue weighted by Gasteiger charge is 2.45. The minimum atomic E-state index is -2.73. The van der Waals surface area contributed by atoms with Gasteiger partial charge in [0.25, 0.3) is 17.5 Å². The minimum absolute atomic E-state index is 0.0737. The van der Waals surface area contributed by atoms with Crippen molar-refractivity contribution < 1.29 is 22.5 Å². The highest BCUT2D eigenvalue weighted by Crippen LogP contribution is 2.47. The summed E-state index contributed by atoms with van der Waals surface area (Å²) in [6, 6.07) is 71.3. The van der Waals surface area contributed by atoms with Gasteiger partial charge >= 0.3 is 0 Å². The van der Waals surface area contributed by atoms with E-state index >= 15 is 0 Å². The molecule has 12 rings (SSSR count). The zero-order valence-electron chi connectivity index (χ0n) is 85.6. The monoisotopic (exact) mass is 1380 g/mol. The molecular formula is C62H82B28F4N8O2. The Morgan fingerprint density at radius 1 is 0.394 bits per heavy atom. The van der Waals surface area contributed by atoms with E-state index in [4.69, 9.17) is 53.3 Å². The van der Waals surface area contributed by atoms with E-state index in [1.165, 1.54) is 12.1 Å². The second-order valence-corrected chi connectivity index (χ2v) is 24.1. The topological polar surface area (TPSA) is 111 Å². The van der Waals surface area contributed by atoms with Crippen molar-refractivity contribution in [3.8, 4) is 0 Å². The number of nitrogens with two attached hydrogens (primary N) is 1. The number of aromatic nitrogens is 4. The normalized spacial score (nSPS) is 16.9. The van der Waals surface area contributed by atoms with Crippen molar-refractivity contribution in [2.45, 2.75) is 48.6 Å². The Bertz CT molecular complexity index is 4970. The van der Waals surface area contributed by atoms with E-state index in [2.05, 4.69) is 41.1 Å². The number of hydrogen-bond donors (Lipinski definition) is 1. The second-order valence-electron chi connectivity index (χ2n) is 24.1. The summed E-state index contributed by atoms with van der Waals surface area (Å²) < 4.78 is 275.